The zero-order chi connectivity index (χ0) is 16.7. The Hall–Kier alpha value is -3.34. The molecule has 0 atom stereocenters. The average molecular weight is 317 g/mol. The van der Waals surface area contributed by atoms with E-state index in [0.29, 0.717) is 16.8 Å². The second kappa shape index (κ2) is 5.38. The molecule has 1 amide bonds. The van der Waals surface area contributed by atoms with Gasteiger partial charge in [0.1, 0.15) is 17.1 Å². The fourth-order valence-corrected chi connectivity index (χ4v) is 2.85. The van der Waals surface area contributed by atoms with Gasteiger partial charge in [-0.15, -0.1) is 0 Å². The number of carbonyl (C=O) groups excluding carboxylic acids is 1. The minimum atomic E-state index is -0.283. The van der Waals surface area contributed by atoms with Crippen LogP contribution in [0.15, 0.2) is 60.8 Å². The number of fused-ring (bicyclic) bond motifs is 2. The minimum absolute atomic E-state index is 0.187. The first kappa shape index (κ1) is 14.3. The van der Waals surface area contributed by atoms with Crippen LogP contribution in [0.2, 0.25) is 0 Å². The van der Waals surface area contributed by atoms with Gasteiger partial charge in [0.15, 0.2) is 0 Å². The third kappa shape index (κ3) is 2.27. The number of aryl methyl sites for hydroxylation is 1. The zero-order valence-electron chi connectivity index (χ0n) is 13.0. The molecule has 0 radical (unpaired) electrons. The number of hydrogen-bond donors (Lipinski definition) is 2. The third-order valence-electron chi connectivity index (χ3n) is 4.08. The van der Waals surface area contributed by atoms with Crippen molar-refractivity contribution in [1.82, 2.24) is 9.38 Å². The van der Waals surface area contributed by atoms with Crippen LogP contribution in [-0.4, -0.2) is 20.4 Å². The van der Waals surface area contributed by atoms with Crippen LogP contribution < -0.4 is 5.32 Å². The Morgan fingerprint density at radius 3 is 2.62 bits per heavy atom. The molecule has 0 fully saturated rings. The standard InChI is InChI=1S/C19H15N3O2/c1-12-5-2-10-18-20-16(11-22(12)18)19(24)21-15-8-3-7-14-13(15)6-4-9-17(14)23/h2-11,23H,1H3,(H,21,24). The molecule has 2 aromatic heterocycles. The van der Waals surface area contributed by atoms with E-state index >= 15 is 0 Å². The molecule has 4 rings (SSSR count). The van der Waals surface area contributed by atoms with Crippen molar-refractivity contribution in [2.24, 2.45) is 0 Å². The topological polar surface area (TPSA) is 66.6 Å². The van der Waals surface area contributed by atoms with Gasteiger partial charge in [-0.05, 0) is 31.2 Å². The predicted molar refractivity (Wildman–Crippen MR) is 93.5 cm³/mol. The lowest BCUT2D eigenvalue weighted by atomic mass is 10.1. The summed E-state index contributed by atoms with van der Waals surface area (Å²) in [5.41, 5.74) is 2.73. The summed E-state index contributed by atoms with van der Waals surface area (Å²) in [6.07, 6.45) is 1.72. The Balaban J connectivity index is 1.73. The van der Waals surface area contributed by atoms with Crippen molar-refractivity contribution >= 4 is 28.0 Å². The molecule has 0 saturated carbocycles. The molecular weight excluding hydrogens is 302 g/mol. The lowest BCUT2D eigenvalue weighted by Gasteiger charge is -2.08. The molecule has 4 aromatic rings. The van der Waals surface area contributed by atoms with Gasteiger partial charge in [0.25, 0.3) is 5.91 Å². The Bertz CT molecular complexity index is 1080. The number of phenolic OH excluding ortho intramolecular Hbond substituents is 1. The largest absolute Gasteiger partial charge is 0.507 e. The van der Waals surface area contributed by atoms with Crippen LogP contribution in [0.3, 0.4) is 0 Å². The minimum Gasteiger partial charge on any atom is -0.507 e. The number of benzene rings is 2. The lowest BCUT2D eigenvalue weighted by Crippen LogP contribution is -2.12. The summed E-state index contributed by atoms with van der Waals surface area (Å²) in [4.78, 5) is 16.9. The van der Waals surface area contributed by atoms with E-state index in [1.807, 2.05) is 41.7 Å². The van der Waals surface area contributed by atoms with Crippen LogP contribution >= 0.6 is 0 Å². The molecule has 24 heavy (non-hydrogen) atoms. The van der Waals surface area contributed by atoms with E-state index in [1.165, 1.54) is 0 Å². The molecule has 0 aliphatic rings. The summed E-state index contributed by atoms with van der Waals surface area (Å²) in [5, 5.41) is 14.3. The highest BCUT2D eigenvalue weighted by atomic mass is 16.3. The first-order valence-corrected chi connectivity index (χ1v) is 7.60. The van der Waals surface area contributed by atoms with E-state index in [0.717, 1.165) is 16.7 Å². The van der Waals surface area contributed by atoms with Gasteiger partial charge in [0, 0.05) is 28.4 Å². The zero-order valence-corrected chi connectivity index (χ0v) is 13.0. The van der Waals surface area contributed by atoms with E-state index in [4.69, 9.17) is 0 Å². The van der Waals surface area contributed by atoms with Gasteiger partial charge in [-0.2, -0.15) is 0 Å². The van der Waals surface area contributed by atoms with Gasteiger partial charge in [0.05, 0.1) is 0 Å². The van der Waals surface area contributed by atoms with Crippen molar-refractivity contribution in [2.75, 3.05) is 5.32 Å². The van der Waals surface area contributed by atoms with Crippen LogP contribution in [0.1, 0.15) is 16.2 Å². The average Bonchev–Trinajstić information content (AvgIpc) is 3.02. The summed E-state index contributed by atoms with van der Waals surface area (Å²) in [6.45, 7) is 1.96. The first-order valence-electron chi connectivity index (χ1n) is 7.60. The molecule has 5 heteroatoms. The molecule has 0 saturated heterocycles. The summed E-state index contributed by atoms with van der Waals surface area (Å²) >= 11 is 0. The maximum atomic E-state index is 12.6. The van der Waals surface area contributed by atoms with Crippen molar-refractivity contribution in [3.63, 3.8) is 0 Å². The quantitative estimate of drug-likeness (QED) is 0.591. The van der Waals surface area contributed by atoms with Gasteiger partial charge in [-0.1, -0.05) is 30.3 Å². The van der Waals surface area contributed by atoms with E-state index in [9.17, 15) is 9.90 Å². The number of nitrogens with one attached hydrogen (secondary N) is 1. The molecule has 5 nitrogen and oxygen atoms in total. The number of pyridine rings is 1. The summed E-state index contributed by atoms with van der Waals surface area (Å²) < 4.78 is 1.88. The lowest BCUT2D eigenvalue weighted by molar-refractivity contribution is 0.102. The monoisotopic (exact) mass is 317 g/mol. The fourth-order valence-electron chi connectivity index (χ4n) is 2.85. The molecule has 0 spiro atoms. The molecule has 118 valence electrons. The fraction of sp³-hybridized carbons (Fsp3) is 0.0526. The summed E-state index contributed by atoms with van der Waals surface area (Å²) in [7, 11) is 0. The number of amides is 1. The number of imidazole rings is 1. The van der Waals surface area contributed by atoms with Crippen molar-refractivity contribution in [3.8, 4) is 5.75 Å². The number of hydrogen-bond acceptors (Lipinski definition) is 3. The Kier molecular flexibility index (Phi) is 3.20. The summed E-state index contributed by atoms with van der Waals surface area (Å²) in [6, 6.07) is 16.4. The molecular formula is C19H15N3O2. The van der Waals surface area contributed by atoms with Gasteiger partial charge in [-0.3, -0.25) is 4.79 Å². The second-order valence-electron chi connectivity index (χ2n) is 5.65. The second-order valence-corrected chi connectivity index (χ2v) is 5.65. The molecule has 2 aromatic carbocycles. The highest BCUT2D eigenvalue weighted by Crippen LogP contribution is 2.30. The van der Waals surface area contributed by atoms with Gasteiger partial charge >= 0.3 is 0 Å². The number of carbonyl (C=O) groups is 1. The SMILES string of the molecule is Cc1cccc2nc(C(=O)Nc3cccc4c(O)cccc34)cn12. The molecule has 0 bridgehead atoms. The third-order valence-corrected chi connectivity index (χ3v) is 4.08. The van der Waals surface area contributed by atoms with Crippen LogP contribution in [0, 0.1) is 6.92 Å². The Morgan fingerprint density at radius 2 is 1.79 bits per heavy atom. The van der Waals surface area contributed by atoms with Crippen LogP contribution in [0.4, 0.5) is 5.69 Å². The normalized spacial score (nSPS) is 11.0. The first-order chi connectivity index (χ1) is 11.6. The number of rotatable bonds is 2. The predicted octanol–water partition coefficient (Wildman–Crippen LogP) is 3.75. The van der Waals surface area contributed by atoms with Crippen LogP contribution in [0.5, 0.6) is 5.75 Å². The number of nitrogens with zero attached hydrogens (tertiary/aromatic N) is 2. The number of aromatic nitrogens is 2. The summed E-state index contributed by atoms with van der Waals surface area (Å²) in [5.74, 6) is -0.0964. The highest BCUT2D eigenvalue weighted by molar-refractivity contribution is 6.09. The van der Waals surface area contributed by atoms with Crippen molar-refractivity contribution in [2.45, 2.75) is 6.92 Å². The van der Waals surface area contributed by atoms with E-state index in [2.05, 4.69) is 10.3 Å². The number of aromatic hydroxyl groups is 1. The molecule has 0 aliphatic heterocycles. The van der Waals surface area contributed by atoms with E-state index in [1.54, 1.807) is 30.5 Å². The van der Waals surface area contributed by atoms with Gasteiger partial charge in [-0.25, -0.2) is 4.98 Å². The van der Waals surface area contributed by atoms with E-state index in [-0.39, 0.29) is 11.7 Å². The number of phenols is 1. The van der Waals surface area contributed by atoms with Crippen LogP contribution in [-0.2, 0) is 0 Å². The molecule has 2 heterocycles. The molecule has 2 N–H and O–H groups in total. The maximum absolute atomic E-state index is 12.6. The molecule has 0 unspecified atom stereocenters. The van der Waals surface area contributed by atoms with E-state index < -0.39 is 0 Å². The van der Waals surface area contributed by atoms with Crippen molar-refractivity contribution in [1.29, 1.82) is 0 Å². The molecule has 0 aliphatic carbocycles. The van der Waals surface area contributed by atoms with Crippen molar-refractivity contribution < 1.29 is 9.90 Å². The smallest absolute Gasteiger partial charge is 0.275 e. The van der Waals surface area contributed by atoms with Gasteiger partial charge in [0.2, 0.25) is 0 Å². The van der Waals surface area contributed by atoms with Crippen LogP contribution in [0.25, 0.3) is 16.4 Å². The maximum Gasteiger partial charge on any atom is 0.275 e. The number of anilines is 1. The van der Waals surface area contributed by atoms with Crippen molar-refractivity contribution in [3.05, 3.63) is 72.2 Å². The Labute approximate surface area is 138 Å². The van der Waals surface area contributed by atoms with Gasteiger partial charge < -0.3 is 14.8 Å². The Morgan fingerprint density at radius 1 is 1.04 bits per heavy atom. The highest BCUT2D eigenvalue weighted by Gasteiger charge is 2.13.